The van der Waals surface area contributed by atoms with Crippen LogP contribution in [-0.2, 0) is 25.5 Å². The average molecular weight is 322 g/mol. The van der Waals surface area contributed by atoms with Crippen LogP contribution in [0.3, 0.4) is 0 Å². The van der Waals surface area contributed by atoms with Crippen LogP contribution in [0.4, 0.5) is 0 Å². The van der Waals surface area contributed by atoms with Gasteiger partial charge in [0.25, 0.3) is 0 Å². The molecule has 0 aliphatic heterocycles. The second-order valence-electron chi connectivity index (χ2n) is 5.03. The zero-order chi connectivity index (χ0) is 17.1. The summed E-state index contributed by atoms with van der Waals surface area (Å²) >= 11 is 0. The van der Waals surface area contributed by atoms with Crippen LogP contribution in [0.1, 0.15) is 26.3 Å². The van der Waals surface area contributed by atoms with Crippen molar-refractivity contribution in [2.24, 2.45) is 0 Å². The zero-order valence-electron chi connectivity index (χ0n) is 14.0. The Kier molecular flexibility index (Phi) is 8.94. The molecule has 6 heteroatoms. The minimum Gasteiger partial charge on any atom is -0.351 e. The van der Waals surface area contributed by atoms with Crippen LogP contribution in [0.5, 0.6) is 0 Å². The highest BCUT2D eigenvalue weighted by Gasteiger charge is 2.21. The normalized spacial score (nSPS) is 12.0. The monoisotopic (exact) mass is 322 g/mol. The Balaban J connectivity index is 2.62. The van der Waals surface area contributed by atoms with Crippen LogP contribution < -0.4 is 10.6 Å². The number of benzene rings is 1. The van der Waals surface area contributed by atoms with Gasteiger partial charge in [-0.1, -0.05) is 30.3 Å². The summed E-state index contributed by atoms with van der Waals surface area (Å²) in [5, 5.41) is 5.46. The first-order chi connectivity index (χ1) is 11.1. The Bertz CT molecular complexity index is 473. The van der Waals surface area contributed by atoms with E-state index in [-0.39, 0.29) is 18.4 Å². The van der Waals surface area contributed by atoms with Crippen molar-refractivity contribution < 1.29 is 19.1 Å². The molecule has 2 N–H and O–H groups in total. The molecule has 23 heavy (non-hydrogen) atoms. The number of ether oxygens (including phenoxy) is 2. The third-order valence-corrected chi connectivity index (χ3v) is 3.12. The van der Waals surface area contributed by atoms with Crippen LogP contribution in [-0.4, -0.2) is 43.9 Å². The van der Waals surface area contributed by atoms with Gasteiger partial charge in [0, 0.05) is 26.6 Å². The molecule has 1 unspecified atom stereocenters. The summed E-state index contributed by atoms with van der Waals surface area (Å²) in [7, 11) is 0. The van der Waals surface area contributed by atoms with Gasteiger partial charge in [-0.3, -0.25) is 9.59 Å². The molecule has 1 aromatic rings. The Morgan fingerprint density at radius 1 is 1.09 bits per heavy atom. The van der Waals surface area contributed by atoms with E-state index in [4.69, 9.17) is 9.47 Å². The lowest BCUT2D eigenvalue weighted by atomic mass is 10.1. The highest BCUT2D eigenvalue weighted by atomic mass is 16.7. The number of hydrogen-bond donors (Lipinski definition) is 2. The van der Waals surface area contributed by atoms with Crippen LogP contribution in [0.25, 0.3) is 0 Å². The molecule has 0 saturated heterocycles. The van der Waals surface area contributed by atoms with Crippen molar-refractivity contribution in [3.63, 3.8) is 0 Å². The molecule has 0 aliphatic carbocycles. The van der Waals surface area contributed by atoms with Crippen molar-refractivity contribution in [2.45, 2.75) is 39.5 Å². The van der Waals surface area contributed by atoms with Gasteiger partial charge in [0.15, 0.2) is 6.29 Å². The molecule has 0 fully saturated rings. The van der Waals surface area contributed by atoms with E-state index in [9.17, 15) is 9.59 Å². The number of rotatable bonds is 10. The van der Waals surface area contributed by atoms with Gasteiger partial charge in [-0.25, -0.2) is 0 Å². The van der Waals surface area contributed by atoms with Crippen LogP contribution >= 0.6 is 0 Å². The van der Waals surface area contributed by atoms with Crippen molar-refractivity contribution in [1.29, 1.82) is 0 Å². The number of nitrogens with one attached hydrogen (secondary N) is 2. The summed E-state index contributed by atoms with van der Waals surface area (Å²) in [6.45, 7) is 6.37. The lowest BCUT2D eigenvalue weighted by Crippen LogP contribution is -2.49. The minimum atomic E-state index is -0.626. The molecule has 6 nitrogen and oxygen atoms in total. The molecule has 1 atom stereocenters. The summed E-state index contributed by atoms with van der Waals surface area (Å²) in [5.74, 6) is -0.499. The fourth-order valence-corrected chi connectivity index (χ4v) is 2.15. The van der Waals surface area contributed by atoms with Crippen LogP contribution in [0.15, 0.2) is 30.3 Å². The van der Waals surface area contributed by atoms with Crippen molar-refractivity contribution >= 4 is 11.8 Å². The van der Waals surface area contributed by atoms with Crippen LogP contribution in [0, 0.1) is 0 Å². The predicted octanol–water partition coefficient (Wildman–Crippen LogP) is 1.25. The SMILES string of the molecule is CCOC(CNC(=O)C(Cc1ccccc1)NC(C)=O)OCC. The fourth-order valence-electron chi connectivity index (χ4n) is 2.15. The van der Waals surface area contributed by atoms with Gasteiger partial charge >= 0.3 is 0 Å². The second-order valence-corrected chi connectivity index (χ2v) is 5.03. The Morgan fingerprint density at radius 3 is 2.22 bits per heavy atom. The quantitative estimate of drug-likeness (QED) is 0.636. The molecular formula is C17H26N2O4. The van der Waals surface area contributed by atoms with E-state index in [0.29, 0.717) is 19.6 Å². The molecule has 0 heterocycles. The smallest absolute Gasteiger partial charge is 0.243 e. The molecule has 1 aromatic carbocycles. The summed E-state index contributed by atoms with van der Waals surface area (Å²) < 4.78 is 10.8. The zero-order valence-corrected chi connectivity index (χ0v) is 14.0. The van der Waals surface area contributed by atoms with Gasteiger partial charge in [-0.15, -0.1) is 0 Å². The van der Waals surface area contributed by atoms with E-state index >= 15 is 0 Å². The Hall–Kier alpha value is -1.92. The highest BCUT2D eigenvalue weighted by molar-refractivity contribution is 5.87. The van der Waals surface area contributed by atoms with Crippen LogP contribution in [0.2, 0.25) is 0 Å². The van der Waals surface area contributed by atoms with Gasteiger partial charge in [0.1, 0.15) is 6.04 Å². The third kappa shape index (κ3) is 7.76. The average Bonchev–Trinajstić information content (AvgIpc) is 2.52. The van der Waals surface area contributed by atoms with Gasteiger partial charge in [-0.05, 0) is 19.4 Å². The lowest BCUT2D eigenvalue weighted by molar-refractivity contribution is -0.141. The van der Waals surface area contributed by atoms with Crippen molar-refractivity contribution in [1.82, 2.24) is 10.6 Å². The highest BCUT2D eigenvalue weighted by Crippen LogP contribution is 2.04. The molecule has 128 valence electrons. The first-order valence-corrected chi connectivity index (χ1v) is 7.88. The van der Waals surface area contributed by atoms with E-state index in [0.717, 1.165) is 5.56 Å². The first kappa shape index (κ1) is 19.1. The Morgan fingerprint density at radius 2 is 1.70 bits per heavy atom. The maximum absolute atomic E-state index is 12.4. The molecule has 0 aromatic heterocycles. The van der Waals surface area contributed by atoms with E-state index in [1.165, 1.54) is 6.92 Å². The maximum atomic E-state index is 12.4. The standard InChI is InChI=1S/C17H26N2O4/c1-4-22-16(23-5-2)12-18-17(21)15(19-13(3)20)11-14-9-7-6-8-10-14/h6-10,15-16H,4-5,11-12H2,1-3H3,(H,18,21)(H,19,20). The number of hydrogen-bond acceptors (Lipinski definition) is 4. The van der Waals surface area contributed by atoms with Crippen molar-refractivity contribution in [3.8, 4) is 0 Å². The molecule has 2 amide bonds. The van der Waals surface area contributed by atoms with Gasteiger partial charge < -0.3 is 20.1 Å². The molecule has 0 spiro atoms. The van der Waals surface area contributed by atoms with Crippen molar-refractivity contribution in [2.75, 3.05) is 19.8 Å². The van der Waals surface area contributed by atoms with E-state index in [1.807, 2.05) is 44.2 Å². The number of amides is 2. The molecule has 0 aliphatic rings. The van der Waals surface area contributed by atoms with E-state index in [2.05, 4.69) is 10.6 Å². The molecule has 1 rings (SSSR count). The minimum absolute atomic E-state index is 0.241. The topological polar surface area (TPSA) is 76.7 Å². The van der Waals surface area contributed by atoms with Gasteiger partial charge in [-0.2, -0.15) is 0 Å². The number of carbonyl (C=O) groups excluding carboxylic acids is 2. The largest absolute Gasteiger partial charge is 0.351 e. The summed E-state index contributed by atoms with van der Waals surface area (Å²) in [4.78, 5) is 23.7. The van der Waals surface area contributed by atoms with Crippen molar-refractivity contribution in [3.05, 3.63) is 35.9 Å². The maximum Gasteiger partial charge on any atom is 0.243 e. The third-order valence-electron chi connectivity index (χ3n) is 3.12. The fraction of sp³-hybridized carbons (Fsp3) is 0.529. The summed E-state index contributed by atoms with van der Waals surface area (Å²) in [5.41, 5.74) is 0.979. The molecule has 0 bridgehead atoms. The molecule has 0 radical (unpaired) electrons. The summed E-state index contributed by atoms with van der Waals surface area (Å²) in [6.07, 6.45) is -0.0520. The van der Waals surface area contributed by atoms with E-state index in [1.54, 1.807) is 0 Å². The number of carbonyl (C=O) groups is 2. The Labute approximate surface area is 137 Å². The first-order valence-electron chi connectivity index (χ1n) is 7.88. The molecular weight excluding hydrogens is 296 g/mol. The summed E-state index contributed by atoms with van der Waals surface area (Å²) in [6, 6.07) is 8.93. The predicted molar refractivity (Wildman–Crippen MR) is 87.8 cm³/mol. The second kappa shape index (κ2) is 10.7. The van der Waals surface area contributed by atoms with Gasteiger partial charge in [0.2, 0.25) is 11.8 Å². The van der Waals surface area contributed by atoms with E-state index < -0.39 is 12.3 Å². The van der Waals surface area contributed by atoms with Gasteiger partial charge in [0.05, 0.1) is 6.54 Å². The molecule has 0 saturated carbocycles. The lowest BCUT2D eigenvalue weighted by Gasteiger charge is -2.21.